The number of hydrogen-bond acceptors (Lipinski definition) is 4. The number of ether oxygens (including phenoxy) is 1. The summed E-state index contributed by atoms with van der Waals surface area (Å²) in [5, 5.41) is 0. The molecule has 3 rings (SSSR count). The van der Waals surface area contributed by atoms with Gasteiger partial charge in [-0.25, -0.2) is 0 Å². The smallest absolute Gasteiger partial charge is 0.119 e. The Morgan fingerprint density at radius 2 is 1.58 bits per heavy atom. The maximum absolute atomic E-state index is 5.50. The van der Waals surface area contributed by atoms with Gasteiger partial charge < -0.3 is 14.5 Å². The molecule has 0 spiro atoms. The van der Waals surface area contributed by atoms with Gasteiger partial charge in [-0.1, -0.05) is 18.9 Å². The SMILES string of the molecule is COc1ccc(CCCN2CCN(C)CC2)c(CN2CCCCCC2)c1. The van der Waals surface area contributed by atoms with E-state index in [1.54, 1.807) is 7.11 Å². The average molecular weight is 360 g/mol. The minimum atomic E-state index is 0.998. The number of likely N-dealkylation sites (N-methyl/N-ethyl adjacent to an activating group) is 1. The molecule has 4 heteroatoms. The Labute approximate surface area is 160 Å². The van der Waals surface area contributed by atoms with Crippen molar-refractivity contribution in [2.45, 2.75) is 45.1 Å². The van der Waals surface area contributed by atoms with E-state index < -0.39 is 0 Å². The highest BCUT2D eigenvalue weighted by Crippen LogP contribution is 2.22. The lowest BCUT2D eigenvalue weighted by Crippen LogP contribution is -2.44. The van der Waals surface area contributed by atoms with E-state index in [2.05, 4.69) is 39.9 Å². The topological polar surface area (TPSA) is 19.0 Å². The molecule has 2 saturated heterocycles. The van der Waals surface area contributed by atoms with Crippen LogP contribution in [0.2, 0.25) is 0 Å². The first-order chi connectivity index (χ1) is 12.7. The summed E-state index contributed by atoms with van der Waals surface area (Å²) in [7, 11) is 4.00. The fraction of sp³-hybridized carbons (Fsp3) is 0.727. The van der Waals surface area contributed by atoms with Crippen LogP contribution in [0.15, 0.2) is 18.2 Å². The standard InChI is InChI=1S/C22H37N3O/c1-23-14-16-24(17-15-23)13-7-8-20-9-10-22(26-2)18-21(20)19-25-11-5-3-4-6-12-25/h9-10,18H,3-8,11-17,19H2,1-2H3. The summed E-state index contributed by atoms with van der Waals surface area (Å²) in [6.45, 7) is 9.67. The fourth-order valence-corrected chi connectivity index (χ4v) is 4.22. The van der Waals surface area contributed by atoms with Gasteiger partial charge in [0.2, 0.25) is 0 Å². The highest BCUT2D eigenvalue weighted by atomic mass is 16.5. The maximum Gasteiger partial charge on any atom is 0.119 e. The lowest BCUT2D eigenvalue weighted by molar-refractivity contribution is 0.153. The van der Waals surface area contributed by atoms with Gasteiger partial charge in [-0.05, 0) is 75.6 Å². The first-order valence-electron chi connectivity index (χ1n) is 10.5. The molecule has 26 heavy (non-hydrogen) atoms. The zero-order valence-electron chi connectivity index (χ0n) is 16.9. The number of rotatable bonds is 7. The van der Waals surface area contributed by atoms with E-state index in [9.17, 15) is 0 Å². The molecule has 0 unspecified atom stereocenters. The predicted octanol–water partition coefficient (Wildman–Crippen LogP) is 3.25. The lowest BCUT2D eigenvalue weighted by atomic mass is 10.0. The molecule has 0 atom stereocenters. The summed E-state index contributed by atoms with van der Waals surface area (Å²) in [6, 6.07) is 6.71. The van der Waals surface area contributed by atoms with Gasteiger partial charge >= 0.3 is 0 Å². The van der Waals surface area contributed by atoms with Gasteiger partial charge in [-0.2, -0.15) is 0 Å². The summed E-state index contributed by atoms with van der Waals surface area (Å²) in [6.07, 6.45) is 7.92. The molecule has 1 aromatic carbocycles. The van der Waals surface area contributed by atoms with E-state index in [1.165, 1.54) is 95.5 Å². The third-order valence-electron chi connectivity index (χ3n) is 6.02. The summed E-state index contributed by atoms with van der Waals surface area (Å²) >= 11 is 0. The molecule has 2 fully saturated rings. The Balaban J connectivity index is 1.56. The molecule has 0 saturated carbocycles. The quantitative estimate of drug-likeness (QED) is 0.744. The van der Waals surface area contributed by atoms with Crippen molar-refractivity contribution in [3.63, 3.8) is 0 Å². The van der Waals surface area contributed by atoms with Crippen LogP contribution in [0.3, 0.4) is 0 Å². The Morgan fingerprint density at radius 1 is 0.846 bits per heavy atom. The van der Waals surface area contributed by atoms with Gasteiger partial charge in [0.1, 0.15) is 5.75 Å². The van der Waals surface area contributed by atoms with E-state index in [4.69, 9.17) is 4.74 Å². The Bertz CT molecular complexity index is 532. The number of piperazine rings is 1. The summed E-state index contributed by atoms with van der Waals surface area (Å²) in [5.41, 5.74) is 2.99. The summed E-state index contributed by atoms with van der Waals surface area (Å²) in [4.78, 5) is 7.70. The van der Waals surface area contributed by atoms with Crippen LogP contribution in [-0.2, 0) is 13.0 Å². The molecule has 0 radical (unpaired) electrons. The van der Waals surface area contributed by atoms with E-state index in [1.807, 2.05) is 0 Å². The van der Waals surface area contributed by atoms with Crippen LogP contribution < -0.4 is 4.74 Å². The minimum Gasteiger partial charge on any atom is -0.497 e. The van der Waals surface area contributed by atoms with Crippen molar-refractivity contribution in [1.82, 2.24) is 14.7 Å². The number of nitrogens with zero attached hydrogens (tertiary/aromatic N) is 3. The van der Waals surface area contributed by atoms with Gasteiger partial charge in [-0.15, -0.1) is 0 Å². The van der Waals surface area contributed by atoms with Crippen LogP contribution in [0.1, 0.15) is 43.2 Å². The average Bonchev–Trinajstić information content (AvgIpc) is 2.93. The van der Waals surface area contributed by atoms with E-state index in [0.29, 0.717) is 0 Å². The normalized spacial score (nSPS) is 20.8. The van der Waals surface area contributed by atoms with Gasteiger partial charge in [0, 0.05) is 32.7 Å². The second kappa shape index (κ2) is 10.3. The third-order valence-corrected chi connectivity index (χ3v) is 6.02. The zero-order valence-corrected chi connectivity index (χ0v) is 16.9. The Morgan fingerprint density at radius 3 is 2.27 bits per heavy atom. The first kappa shape index (κ1) is 19.7. The van der Waals surface area contributed by atoms with Gasteiger partial charge in [-0.3, -0.25) is 4.90 Å². The van der Waals surface area contributed by atoms with Gasteiger partial charge in [0.15, 0.2) is 0 Å². The van der Waals surface area contributed by atoms with Crippen molar-refractivity contribution in [3.05, 3.63) is 29.3 Å². The van der Waals surface area contributed by atoms with Crippen LogP contribution in [0.5, 0.6) is 5.75 Å². The van der Waals surface area contributed by atoms with Crippen LogP contribution in [-0.4, -0.2) is 74.7 Å². The molecule has 2 heterocycles. The zero-order chi connectivity index (χ0) is 18.2. The van der Waals surface area contributed by atoms with Crippen molar-refractivity contribution in [1.29, 1.82) is 0 Å². The van der Waals surface area contributed by atoms with Crippen molar-refractivity contribution in [2.75, 3.05) is 60.0 Å². The number of likely N-dealkylation sites (tertiary alicyclic amines) is 1. The number of benzene rings is 1. The van der Waals surface area contributed by atoms with E-state index in [-0.39, 0.29) is 0 Å². The van der Waals surface area contributed by atoms with Gasteiger partial charge in [0.25, 0.3) is 0 Å². The minimum absolute atomic E-state index is 0.998. The highest BCUT2D eigenvalue weighted by Gasteiger charge is 2.15. The molecule has 0 bridgehead atoms. The summed E-state index contributed by atoms with van der Waals surface area (Å²) < 4.78 is 5.50. The fourth-order valence-electron chi connectivity index (χ4n) is 4.22. The third kappa shape index (κ3) is 5.97. The van der Waals surface area contributed by atoms with Gasteiger partial charge in [0.05, 0.1) is 7.11 Å². The Hall–Kier alpha value is -1.10. The Kier molecular flexibility index (Phi) is 7.78. The lowest BCUT2D eigenvalue weighted by Gasteiger charge is -2.32. The van der Waals surface area contributed by atoms with E-state index >= 15 is 0 Å². The second-order valence-corrected chi connectivity index (χ2v) is 8.07. The summed E-state index contributed by atoms with van der Waals surface area (Å²) in [5.74, 6) is 0.998. The maximum atomic E-state index is 5.50. The number of hydrogen-bond donors (Lipinski definition) is 0. The van der Waals surface area contributed by atoms with Crippen LogP contribution in [0.4, 0.5) is 0 Å². The molecule has 1 aromatic rings. The first-order valence-corrected chi connectivity index (χ1v) is 10.5. The predicted molar refractivity (Wildman–Crippen MR) is 109 cm³/mol. The molecule has 2 aliphatic rings. The largest absolute Gasteiger partial charge is 0.497 e. The molecule has 0 amide bonds. The van der Waals surface area contributed by atoms with Crippen molar-refractivity contribution in [3.8, 4) is 5.75 Å². The molecule has 0 aromatic heterocycles. The molecular weight excluding hydrogens is 322 g/mol. The highest BCUT2D eigenvalue weighted by molar-refractivity contribution is 5.36. The second-order valence-electron chi connectivity index (χ2n) is 8.07. The molecular formula is C22H37N3O. The monoisotopic (exact) mass is 359 g/mol. The number of aryl methyl sites for hydroxylation is 1. The van der Waals surface area contributed by atoms with Crippen molar-refractivity contribution < 1.29 is 4.74 Å². The van der Waals surface area contributed by atoms with Crippen molar-refractivity contribution in [2.24, 2.45) is 0 Å². The molecule has 146 valence electrons. The van der Waals surface area contributed by atoms with Crippen LogP contribution >= 0.6 is 0 Å². The molecule has 2 aliphatic heterocycles. The molecule has 0 aliphatic carbocycles. The number of methoxy groups -OCH3 is 1. The van der Waals surface area contributed by atoms with E-state index in [0.717, 1.165) is 12.3 Å². The van der Waals surface area contributed by atoms with Crippen molar-refractivity contribution >= 4 is 0 Å². The molecule has 4 nitrogen and oxygen atoms in total. The molecule has 0 N–H and O–H groups in total. The van der Waals surface area contributed by atoms with Crippen LogP contribution in [0, 0.1) is 0 Å². The van der Waals surface area contributed by atoms with Crippen LogP contribution in [0.25, 0.3) is 0 Å².